The monoisotopic (exact) mass is 188 g/mol. The largest absolute Gasteiger partial charge is 0.393 e. The smallest absolute Gasteiger partial charge is 0.163 e. The van der Waals surface area contributed by atoms with Crippen LogP contribution in [0.2, 0.25) is 0 Å². The number of rotatable bonds is 2. The van der Waals surface area contributed by atoms with Gasteiger partial charge < -0.3 is 14.6 Å². The first kappa shape index (κ1) is 11.0. The molecule has 1 rings (SSSR count). The molecule has 0 aliphatic carbocycles. The molecule has 0 spiro atoms. The number of aliphatic hydroxyl groups is 1. The first-order valence-electron chi connectivity index (χ1n) is 4.92. The lowest BCUT2D eigenvalue weighted by Gasteiger charge is -2.39. The minimum Gasteiger partial charge on any atom is -0.393 e. The van der Waals surface area contributed by atoms with Crippen LogP contribution in [0.5, 0.6) is 0 Å². The molecule has 3 nitrogen and oxygen atoms in total. The van der Waals surface area contributed by atoms with Gasteiger partial charge in [0.25, 0.3) is 0 Å². The summed E-state index contributed by atoms with van der Waals surface area (Å²) in [5.41, 5.74) is 0. The molecule has 1 fully saturated rings. The summed E-state index contributed by atoms with van der Waals surface area (Å²) in [7, 11) is 0. The zero-order valence-electron chi connectivity index (χ0n) is 8.91. The number of hydrogen-bond donors (Lipinski definition) is 1. The molecule has 1 heterocycles. The molecule has 3 atom stereocenters. The molecule has 3 heteroatoms. The molecule has 0 aromatic heterocycles. The molecule has 0 amide bonds. The summed E-state index contributed by atoms with van der Waals surface area (Å²) in [6.07, 6.45) is 0.665. The fourth-order valence-electron chi connectivity index (χ4n) is 1.56. The summed E-state index contributed by atoms with van der Waals surface area (Å²) in [4.78, 5) is 0. The van der Waals surface area contributed by atoms with Gasteiger partial charge in [-0.1, -0.05) is 6.92 Å². The van der Waals surface area contributed by atoms with Gasteiger partial charge in [-0.25, -0.2) is 0 Å². The van der Waals surface area contributed by atoms with E-state index in [0.29, 0.717) is 6.61 Å². The molecule has 1 N–H and O–H groups in total. The van der Waals surface area contributed by atoms with Crippen molar-refractivity contribution in [2.75, 3.05) is 6.61 Å². The lowest BCUT2D eigenvalue weighted by Crippen LogP contribution is -2.44. The van der Waals surface area contributed by atoms with Crippen molar-refractivity contribution in [3.8, 4) is 0 Å². The molecular weight excluding hydrogens is 168 g/mol. The summed E-state index contributed by atoms with van der Waals surface area (Å²) >= 11 is 0. The Kier molecular flexibility index (Phi) is 3.33. The van der Waals surface area contributed by atoms with Crippen LogP contribution in [0.4, 0.5) is 0 Å². The van der Waals surface area contributed by atoms with Crippen LogP contribution in [0.3, 0.4) is 0 Å². The van der Waals surface area contributed by atoms with Crippen molar-refractivity contribution in [3.63, 3.8) is 0 Å². The Morgan fingerprint density at radius 3 is 2.46 bits per heavy atom. The summed E-state index contributed by atoms with van der Waals surface area (Å²) in [5, 5.41) is 9.42. The molecule has 1 aliphatic rings. The topological polar surface area (TPSA) is 38.7 Å². The van der Waals surface area contributed by atoms with E-state index in [2.05, 4.69) is 0 Å². The second-order valence-corrected chi connectivity index (χ2v) is 4.29. The highest BCUT2D eigenvalue weighted by molar-refractivity contribution is 4.76. The average Bonchev–Trinajstić information content (AvgIpc) is 2.01. The zero-order chi connectivity index (χ0) is 10.1. The summed E-state index contributed by atoms with van der Waals surface area (Å²) in [6.45, 7) is 8.35. The SMILES string of the molecule is C[C@@H]([C@H](C)O)[C@@H]1CCOC(C)(C)O1. The van der Waals surface area contributed by atoms with Crippen LogP contribution in [0.25, 0.3) is 0 Å². The minimum absolute atomic E-state index is 0.115. The lowest BCUT2D eigenvalue weighted by molar-refractivity contribution is -0.285. The third kappa shape index (κ3) is 2.93. The van der Waals surface area contributed by atoms with Crippen LogP contribution in [0.15, 0.2) is 0 Å². The molecule has 0 bridgehead atoms. The van der Waals surface area contributed by atoms with E-state index >= 15 is 0 Å². The van der Waals surface area contributed by atoms with Gasteiger partial charge in [0.15, 0.2) is 5.79 Å². The van der Waals surface area contributed by atoms with Gasteiger partial charge in [-0.3, -0.25) is 0 Å². The van der Waals surface area contributed by atoms with Crippen LogP contribution in [0.1, 0.15) is 34.1 Å². The van der Waals surface area contributed by atoms with Gasteiger partial charge in [-0.05, 0) is 27.2 Å². The van der Waals surface area contributed by atoms with Crippen molar-refractivity contribution in [2.24, 2.45) is 5.92 Å². The van der Waals surface area contributed by atoms with Gasteiger partial charge in [0.1, 0.15) is 0 Å². The Bertz CT molecular complexity index is 166. The van der Waals surface area contributed by atoms with Crippen molar-refractivity contribution >= 4 is 0 Å². The second kappa shape index (κ2) is 3.95. The minimum atomic E-state index is -0.494. The molecule has 0 radical (unpaired) electrons. The van der Waals surface area contributed by atoms with Crippen LogP contribution < -0.4 is 0 Å². The second-order valence-electron chi connectivity index (χ2n) is 4.29. The molecule has 0 aromatic carbocycles. The number of aliphatic hydroxyl groups excluding tert-OH is 1. The van der Waals surface area contributed by atoms with Crippen LogP contribution >= 0.6 is 0 Å². The highest BCUT2D eigenvalue weighted by atomic mass is 16.7. The van der Waals surface area contributed by atoms with Crippen molar-refractivity contribution in [1.29, 1.82) is 0 Å². The van der Waals surface area contributed by atoms with Crippen molar-refractivity contribution in [3.05, 3.63) is 0 Å². The summed E-state index contributed by atoms with van der Waals surface area (Å²) in [5.74, 6) is -0.324. The number of hydrogen-bond acceptors (Lipinski definition) is 3. The molecule has 0 saturated carbocycles. The van der Waals surface area contributed by atoms with E-state index in [9.17, 15) is 5.11 Å². The van der Waals surface area contributed by atoms with Crippen LogP contribution in [-0.4, -0.2) is 29.7 Å². The summed E-state index contributed by atoms with van der Waals surface area (Å²) < 4.78 is 11.1. The highest BCUT2D eigenvalue weighted by Gasteiger charge is 2.33. The Morgan fingerprint density at radius 2 is 2.00 bits per heavy atom. The first-order valence-corrected chi connectivity index (χ1v) is 4.92. The van der Waals surface area contributed by atoms with Crippen molar-refractivity contribution in [2.45, 2.75) is 52.1 Å². The normalized spacial score (nSPS) is 32.5. The van der Waals surface area contributed by atoms with E-state index in [-0.39, 0.29) is 18.1 Å². The molecule has 1 saturated heterocycles. The third-order valence-electron chi connectivity index (χ3n) is 2.63. The van der Waals surface area contributed by atoms with Gasteiger partial charge in [0.05, 0.1) is 18.8 Å². The molecule has 1 aliphatic heterocycles. The standard InChI is InChI=1S/C10H20O3/c1-7(8(2)11)9-5-6-12-10(3,4)13-9/h7-9,11H,5-6H2,1-4H3/t7-,8-,9-/m0/s1. The predicted molar refractivity (Wildman–Crippen MR) is 50.4 cm³/mol. The van der Waals surface area contributed by atoms with E-state index in [0.717, 1.165) is 6.42 Å². The Hall–Kier alpha value is -0.120. The first-order chi connectivity index (χ1) is 5.92. The van der Waals surface area contributed by atoms with E-state index in [4.69, 9.17) is 9.47 Å². The van der Waals surface area contributed by atoms with Gasteiger partial charge in [0, 0.05) is 5.92 Å². The maximum absolute atomic E-state index is 9.42. The van der Waals surface area contributed by atoms with Crippen LogP contribution in [0, 0.1) is 5.92 Å². The molecule has 0 unspecified atom stereocenters. The van der Waals surface area contributed by atoms with Gasteiger partial charge in [-0.2, -0.15) is 0 Å². The molecule has 13 heavy (non-hydrogen) atoms. The van der Waals surface area contributed by atoms with E-state index in [1.807, 2.05) is 20.8 Å². The highest BCUT2D eigenvalue weighted by Crippen LogP contribution is 2.27. The number of ether oxygens (including phenoxy) is 2. The van der Waals surface area contributed by atoms with E-state index < -0.39 is 5.79 Å². The molecule has 78 valence electrons. The average molecular weight is 188 g/mol. The Balaban J connectivity index is 2.51. The van der Waals surface area contributed by atoms with Crippen molar-refractivity contribution < 1.29 is 14.6 Å². The van der Waals surface area contributed by atoms with Gasteiger partial charge in [-0.15, -0.1) is 0 Å². The van der Waals surface area contributed by atoms with Crippen LogP contribution in [-0.2, 0) is 9.47 Å². The molecular formula is C10H20O3. The van der Waals surface area contributed by atoms with E-state index in [1.54, 1.807) is 6.92 Å². The van der Waals surface area contributed by atoms with E-state index in [1.165, 1.54) is 0 Å². The Morgan fingerprint density at radius 1 is 1.38 bits per heavy atom. The molecule has 0 aromatic rings. The third-order valence-corrected chi connectivity index (χ3v) is 2.63. The van der Waals surface area contributed by atoms with Crippen molar-refractivity contribution in [1.82, 2.24) is 0 Å². The van der Waals surface area contributed by atoms with Gasteiger partial charge >= 0.3 is 0 Å². The summed E-state index contributed by atoms with van der Waals surface area (Å²) in [6, 6.07) is 0. The maximum atomic E-state index is 9.42. The maximum Gasteiger partial charge on any atom is 0.163 e. The lowest BCUT2D eigenvalue weighted by atomic mass is 9.96. The Labute approximate surface area is 80.0 Å². The quantitative estimate of drug-likeness (QED) is 0.714. The zero-order valence-corrected chi connectivity index (χ0v) is 8.91. The fourth-order valence-corrected chi connectivity index (χ4v) is 1.56. The predicted octanol–water partition coefficient (Wildman–Crippen LogP) is 1.54. The fraction of sp³-hybridized carbons (Fsp3) is 1.00. The van der Waals surface area contributed by atoms with Gasteiger partial charge in [0.2, 0.25) is 0 Å².